The van der Waals surface area contributed by atoms with Gasteiger partial charge in [-0.05, 0) is 31.4 Å². The topological polar surface area (TPSA) is 37.4 Å². The van der Waals surface area contributed by atoms with Crippen molar-refractivity contribution in [1.29, 1.82) is 0 Å². The lowest BCUT2D eigenvalue weighted by molar-refractivity contribution is 0.390. The Hall–Kier alpha value is -0.550. The van der Waals surface area contributed by atoms with Gasteiger partial charge >= 0.3 is 0 Å². The van der Waals surface area contributed by atoms with Crippen LogP contribution in [0.3, 0.4) is 0 Å². The van der Waals surface area contributed by atoms with Crippen LogP contribution in [0.5, 0.6) is 0 Å². The molecule has 0 unspecified atom stereocenters. The van der Waals surface area contributed by atoms with Crippen molar-refractivity contribution >= 4 is 31.5 Å². The second kappa shape index (κ2) is 6.27. The van der Waals surface area contributed by atoms with Gasteiger partial charge in [0.2, 0.25) is 0 Å². The highest BCUT2D eigenvalue weighted by atomic mass is 79.9. The summed E-state index contributed by atoms with van der Waals surface area (Å²) in [7, 11) is -3.17. The Labute approximate surface area is 124 Å². The van der Waals surface area contributed by atoms with Crippen LogP contribution in [0.15, 0.2) is 29.2 Å². The van der Waals surface area contributed by atoms with Crippen LogP contribution in [-0.4, -0.2) is 32.1 Å². The second-order valence-corrected chi connectivity index (χ2v) is 7.88. The van der Waals surface area contributed by atoms with Crippen molar-refractivity contribution in [2.75, 3.05) is 22.5 Å². The summed E-state index contributed by atoms with van der Waals surface area (Å²) in [6.07, 6.45) is 3.56. The lowest BCUT2D eigenvalue weighted by atomic mass is 9.91. The minimum atomic E-state index is -3.17. The van der Waals surface area contributed by atoms with E-state index in [1.807, 2.05) is 12.1 Å². The van der Waals surface area contributed by atoms with E-state index in [2.05, 4.69) is 20.8 Å². The van der Waals surface area contributed by atoms with E-state index in [0.717, 1.165) is 30.4 Å². The molecule has 1 aromatic carbocycles. The third kappa shape index (κ3) is 3.14. The van der Waals surface area contributed by atoms with E-state index >= 15 is 0 Å². The molecule has 0 aliphatic heterocycles. The van der Waals surface area contributed by atoms with Crippen molar-refractivity contribution in [1.82, 2.24) is 0 Å². The lowest BCUT2D eigenvalue weighted by Crippen LogP contribution is -2.42. The number of halogens is 1. The number of benzene rings is 1. The molecule has 1 aromatic rings. The van der Waals surface area contributed by atoms with Crippen molar-refractivity contribution in [2.24, 2.45) is 0 Å². The van der Waals surface area contributed by atoms with Crippen molar-refractivity contribution in [2.45, 2.75) is 37.1 Å². The Balaban J connectivity index is 2.41. The summed E-state index contributed by atoms with van der Waals surface area (Å²) >= 11 is 3.47. The molecule has 0 N–H and O–H groups in total. The minimum absolute atomic E-state index is 0.150. The van der Waals surface area contributed by atoms with Crippen LogP contribution in [0.2, 0.25) is 0 Å². The molecular weight excluding hydrogens is 326 g/mol. The van der Waals surface area contributed by atoms with Crippen LogP contribution in [-0.2, 0) is 9.84 Å². The molecule has 5 heteroatoms. The van der Waals surface area contributed by atoms with Gasteiger partial charge in [-0.25, -0.2) is 8.42 Å². The first-order valence-electron chi connectivity index (χ1n) is 6.74. The van der Waals surface area contributed by atoms with Crippen molar-refractivity contribution in [3.05, 3.63) is 24.3 Å². The minimum Gasteiger partial charge on any atom is -0.367 e. The van der Waals surface area contributed by atoms with Crippen LogP contribution in [0.25, 0.3) is 0 Å². The molecule has 106 valence electrons. The molecule has 1 aliphatic rings. The summed E-state index contributed by atoms with van der Waals surface area (Å²) in [5, 5.41) is 0.851. The second-order valence-electron chi connectivity index (χ2n) is 4.84. The molecule has 0 saturated heterocycles. The predicted molar refractivity (Wildman–Crippen MR) is 82.9 cm³/mol. The third-order valence-corrected chi connectivity index (χ3v) is 5.86. The number of rotatable bonds is 6. The zero-order chi connectivity index (χ0) is 13.9. The highest BCUT2D eigenvalue weighted by molar-refractivity contribution is 9.09. The quantitative estimate of drug-likeness (QED) is 0.742. The smallest absolute Gasteiger partial charge is 0.180 e. The lowest BCUT2D eigenvalue weighted by Gasteiger charge is -2.39. The molecule has 2 rings (SSSR count). The summed E-state index contributed by atoms with van der Waals surface area (Å²) in [5.41, 5.74) is 0.869. The predicted octanol–water partition coefficient (Wildman–Crippen LogP) is 3.23. The Morgan fingerprint density at radius 3 is 2.53 bits per heavy atom. The Morgan fingerprint density at radius 1 is 1.32 bits per heavy atom. The van der Waals surface area contributed by atoms with Gasteiger partial charge in [0.15, 0.2) is 9.84 Å². The molecular formula is C14H20BrNO2S. The molecule has 0 amide bonds. The van der Waals surface area contributed by atoms with Gasteiger partial charge < -0.3 is 4.90 Å². The van der Waals surface area contributed by atoms with Crippen molar-refractivity contribution in [3.63, 3.8) is 0 Å². The van der Waals surface area contributed by atoms with Gasteiger partial charge in [0.05, 0.1) is 16.3 Å². The maximum atomic E-state index is 12.2. The van der Waals surface area contributed by atoms with E-state index in [1.165, 1.54) is 6.42 Å². The van der Waals surface area contributed by atoms with Crippen LogP contribution in [0.1, 0.15) is 26.2 Å². The number of sulfone groups is 1. The number of alkyl halides is 1. The molecule has 1 saturated carbocycles. The molecule has 3 nitrogen and oxygen atoms in total. The zero-order valence-corrected chi connectivity index (χ0v) is 13.6. The van der Waals surface area contributed by atoms with Crippen LogP contribution in [0, 0.1) is 0 Å². The monoisotopic (exact) mass is 345 g/mol. The number of para-hydroxylation sites is 1. The van der Waals surface area contributed by atoms with E-state index in [0.29, 0.717) is 10.9 Å². The maximum absolute atomic E-state index is 12.2. The molecule has 0 aromatic heterocycles. The summed E-state index contributed by atoms with van der Waals surface area (Å²) < 4.78 is 24.4. The molecule has 19 heavy (non-hydrogen) atoms. The summed E-state index contributed by atoms with van der Waals surface area (Å²) in [6, 6.07) is 7.88. The number of nitrogens with zero attached hydrogens (tertiary/aromatic N) is 1. The maximum Gasteiger partial charge on any atom is 0.180 e. The number of anilines is 1. The first-order valence-corrected chi connectivity index (χ1v) is 9.52. The molecule has 1 aliphatic carbocycles. The molecule has 1 fully saturated rings. The van der Waals surface area contributed by atoms with Gasteiger partial charge in [-0.1, -0.05) is 35.0 Å². The van der Waals surface area contributed by atoms with Crippen LogP contribution < -0.4 is 4.90 Å². The van der Waals surface area contributed by atoms with Gasteiger partial charge in [-0.2, -0.15) is 0 Å². The standard InChI is InChI=1S/C14H20BrNO2S/c1-2-19(17,18)14-9-4-3-8-13(14)16(11-10-15)12-6-5-7-12/h3-4,8-9,12H,2,5-7,10-11H2,1H3. The van der Waals surface area contributed by atoms with Crippen LogP contribution >= 0.6 is 15.9 Å². The fraction of sp³-hybridized carbons (Fsp3) is 0.571. The van der Waals surface area contributed by atoms with E-state index in [4.69, 9.17) is 0 Å². The molecule has 0 spiro atoms. The van der Waals surface area contributed by atoms with Gasteiger partial charge in [0.25, 0.3) is 0 Å². The summed E-state index contributed by atoms with van der Waals surface area (Å²) in [5.74, 6) is 0.150. The molecule has 0 heterocycles. The molecule has 0 atom stereocenters. The highest BCUT2D eigenvalue weighted by Crippen LogP contribution is 2.33. The van der Waals surface area contributed by atoms with Gasteiger partial charge in [0, 0.05) is 17.9 Å². The van der Waals surface area contributed by atoms with E-state index in [1.54, 1.807) is 19.1 Å². The summed E-state index contributed by atoms with van der Waals surface area (Å²) in [6.45, 7) is 2.55. The highest BCUT2D eigenvalue weighted by Gasteiger charge is 2.28. The van der Waals surface area contributed by atoms with Crippen molar-refractivity contribution < 1.29 is 8.42 Å². The molecule has 0 radical (unpaired) electrons. The largest absolute Gasteiger partial charge is 0.367 e. The first-order chi connectivity index (χ1) is 9.10. The Bertz CT molecular complexity index is 526. The Morgan fingerprint density at radius 2 is 2.00 bits per heavy atom. The fourth-order valence-corrected chi connectivity index (χ4v) is 3.88. The SMILES string of the molecule is CCS(=O)(=O)c1ccccc1N(CCBr)C1CCC1. The van der Waals surface area contributed by atoms with Crippen molar-refractivity contribution in [3.8, 4) is 0 Å². The zero-order valence-electron chi connectivity index (χ0n) is 11.2. The fourth-order valence-electron chi connectivity index (χ4n) is 2.40. The van der Waals surface area contributed by atoms with E-state index < -0.39 is 9.84 Å². The summed E-state index contributed by atoms with van der Waals surface area (Å²) in [4.78, 5) is 2.73. The van der Waals surface area contributed by atoms with Gasteiger partial charge in [-0.3, -0.25) is 0 Å². The average Bonchev–Trinajstić information content (AvgIpc) is 2.36. The first kappa shape index (κ1) is 14.9. The third-order valence-electron chi connectivity index (χ3n) is 3.73. The normalized spacial score (nSPS) is 16.1. The van der Waals surface area contributed by atoms with E-state index in [9.17, 15) is 8.42 Å². The molecule has 0 bridgehead atoms. The van der Waals surface area contributed by atoms with Gasteiger partial charge in [0.1, 0.15) is 0 Å². The number of hydrogen-bond donors (Lipinski definition) is 0. The Kier molecular flexibility index (Phi) is 4.90. The van der Waals surface area contributed by atoms with Gasteiger partial charge in [-0.15, -0.1) is 0 Å². The van der Waals surface area contributed by atoms with E-state index in [-0.39, 0.29) is 5.75 Å². The average molecular weight is 346 g/mol. The number of hydrogen-bond acceptors (Lipinski definition) is 3. The van der Waals surface area contributed by atoms with Crippen LogP contribution in [0.4, 0.5) is 5.69 Å².